The second-order valence-electron chi connectivity index (χ2n) is 6.90. The SMILES string of the molecule is CC[C@@H](CNC(=O)[C@H](C)OC(=O)c1cc(=O)[nH]c2ccccc12)c1ccccc1. The number of esters is 1. The number of pyridine rings is 1. The van der Waals surface area contributed by atoms with Gasteiger partial charge in [0.15, 0.2) is 6.10 Å². The highest BCUT2D eigenvalue weighted by Gasteiger charge is 2.21. The predicted molar refractivity (Wildman–Crippen MR) is 112 cm³/mol. The number of hydrogen-bond donors (Lipinski definition) is 2. The molecule has 0 fully saturated rings. The molecule has 2 aromatic carbocycles. The number of nitrogens with one attached hydrogen (secondary N) is 2. The van der Waals surface area contributed by atoms with Crippen molar-refractivity contribution in [1.29, 1.82) is 0 Å². The van der Waals surface area contributed by atoms with E-state index >= 15 is 0 Å². The average Bonchev–Trinajstić information content (AvgIpc) is 2.74. The number of carbonyl (C=O) groups is 2. The minimum atomic E-state index is -0.978. The van der Waals surface area contributed by atoms with E-state index in [-0.39, 0.29) is 17.4 Å². The maximum atomic E-state index is 12.6. The van der Waals surface area contributed by atoms with E-state index in [1.54, 1.807) is 24.3 Å². The monoisotopic (exact) mass is 392 g/mol. The third-order valence-corrected chi connectivity index (χ3v) is 4.91. The summed E-state index contributed by atoms with van der Waals surface area (Å²) in [7, 11) is 0. The van der Waals surface area contributed by atoms with E-state index in [0.29, 0.717) is 17.4 Å². The number of carbonyl (C=O) groups excluding carboxylic acids is 2. The Morgan fingerprint density at radius 3 is 2.48 bits per heavy atom. The van der Waals surface area contributed by atoms with Crippen molar-refractivity contribution < 1.29 is 14.3 Å². The smallest absolute Gasteiger partial charge is 0.339 e. The lowest BCUT2D eigenvalue weighted by molar-refractivity contribution is -0.129. The number of benzene rings is 2. The van der Waals surface area contributed by atoms with Gasteiger partial charge < -0.3 is 15.0 Å². The molecule has 0 spiro atoms. The first-order valence-corrected chi connectivity index (χ1v) is 9.65. The van der Waals surface area contributed by atoms with Crippen molar-refractivity contribution in [2.24, 2.45) is 0 Å². The van der Waals surface area contributed by atoms with E-state index in [2.05, 4.69) is 17.2 Å². The van der Waals surface area contributed by atoms with Gasteiger partial charge in [-0.3, -0.25) is 9.59 Å². The molecule has 3 aromatic rings. The highest BCUT2D eigenvalue weighted by atomic mass is 16.5. The van der Waals surface area contributed by atoms with Crippen LogP contribution in [0.2, 0.25) is 0 Å². The van der Waals surface area contributed by atoms with Crippen LogP contribution in [0.3, 0.4) is 0 Å². The zero-order chi connectivity index (χ0) is 20.8. The van der Waals surface area contributed by atoms with Crippen LogP contribution in [0.5, 0.6) is 0 Å². The largest absolute Gasteiger partial charge is 0.449 e. The quantitative estimate of drug-likeness (QED) is 0.604. The van der Waals surface area contributed by atoms with Gasteiger partial charge in [0.05, 0.1) is 5.56 Å². The van der Waals surface area contributed by atoms with Crippen molar-refractivity contribution in [1.82, 2.24) is 10.3 Å². The summed E-state index contributed by atoms with van der Waals surface area (Å²) in [4.78, 5) is 39.5. The number of aromatic nitrogens is 1. The zero-order valence-corrected chi connectivity index (χ0v) is 16.5. The third-order valence-electron chi connectivity index (χ3n) is 4.91. The molecule has 0 saturated carbocycles. The van der Waals surface area contributed by atoms with E-state index in [4.69, 9.17) is 4.74 Å². The third kappa shape index (κ3) is 4.90. The Labute approximate surface area is 168 Å². The first kappa shape index (κ1) is 20.3. The molecule has 6 nitrogen and oxygen atoms in total. The molecule has 1 aromatic heterocycles. The first-order valence-electron chi connectivity index (χ1n) is 9.65. The van der Waals surface area contributed by atoms with Crippen LogP contribution in [0.15, 0.2) is 65.5 Å². The summed E-state index contributed by atoms with van der Waals surface area (Å²) in [5.41, 5.74) is 1.42. The minimum absolute atomic E-state index is 0.139. The van der Waals surface area contributed by atoms with Crippen LogP contribution in [-0.2, 0) is 9.53 Å². The van der Waals surface area contributed by atoms with Crippen LogP contribution < -0.4 is 10.9 Å². The molecule has 6 heteroatoms. The molecule has 0 unspecified atom stereocenters. The molecule has 0 aliphatic heterocycles. The highest BCUT2D eigenvalue weighted by molar-refractivity contribution is 6.03. The normalized spacial score (nSPS) is 12.9. The molecule has 2 N–H and O–H groups in total. The topological polar surface area (TPSA) is 88.3 Å². The maximum absolute atomic E-state index is 12.6. The van der Waals surface area contributed by atoms with Gasteiger partial charge in [0.1, 0.15) is 0 Å². The Bertz CT molecular complexity index is 1060. The lowest BCUT2D eigenvalue weighted by atomic mass is 9.96. The summed E-state index contributed by atoms with van der Waals surface area (Å²) in [6, 6.07) is 18.1. The van der Waals surface area contributed by atoms with Gasteiger partial charge >= 0.3 is 5.97 Å². The summed E-state index contributed by atoms with van der Waals surface area (Å²) in [6.45, 7) is 4.03. The van der Waals surface area contributed by atoms with Crippen LogP contribution in [0, 0.1) is 0 Å². The van der Waals surface area contributed by atoms with Crippen LogP contribution in [-0.4, -0.2) is 29.5 Å². The Balaban J connectivity index is 1.65. The van der Waals surface area contributed by atoms with Gasteiger partial charge in [0.25, 0.3) is 5.91 Å². The zero-order valence-electron chi connectivity index (χ0n) is 16.5. The fourth-order valence-corrected chi connectivity index (χ4v) is 3.24. The van der Waals surface area contributed by atoms with Crippen molar-refractivity contribution in [2.45, 2.75) is 32.3 Å². The number of rotatable bonds is 7. The molecule has 0 bridgehead atoms. The van der Waals surface area contributed by atoms with Crippen LogP contribution >= 0.6 is 0 Å². The molecule has 1 heterocycles. The fraction of sp³-hybridized carbons (Fsp3) is 0.261. The van der Waals surface area contributed by atoms with Gasteiger partial charge in [-0.15, -0.1) is 0 Å². The van der Waals surface area contributed by atoms with Gasteiger partial charge in [-0.1, -0.05) is 55.5 Å². The number of amides is 1. The van der Waals surface area contributed by atoms with Crippen LogP contribution in [0.4, 0.5) is 0 Å². The lowest BCUT2D eigenvalue weighted by Gasteiger charge is -2.18. The molecule has 1 amide bonds. The van der Waals surface area contributed by atoms with Crippen LogP contribution in [0.25, 0.3) is 10.9 Å². The number of para-hydroxylation sites is 1. The molecule has 150 valence electrons. The average molecular weight is 392 g/mol. The second-order valence-corrected chi connectivity index (χ2v) is 6.90. The summed E-state index contributed by atoms with van der Waals surface area (Å²) in [5.74, 6) is -0.897. The summed E-state index contributed by atoms with van der Waals surface area (Å²) >= 11 is 0. The Morgan fingerprint density at radius 1 is 1.07 bits per heavy atom. The molecular formula is C23H24N2O4. The summed E-state index contributed by atoms with van der Waals surface area (Å²) in [6.07, 6.45) is -0.106. The van der Waals surface area contributed by atoms with Crippen molar-refractivity contribution in [2.75, 3.05) is 6.54 Å². The molecular weight excluding hydrogens is 368 g/mol. The van der Waals surface area contributed by atoms with Gasteiger partial charge in [-0.25, -0.2) is 4.79 Å². The van der Waals surface area contributed by atoms with E-state index < -0.39 is 17.6 Å². The van der Waals surface area contributed by atoms with Gasteiger partial charge in [-0.2, -0.15) is 0 Å². The Kier molecular flexibility index (Phi) is 6.44. The molecule has 0 aliphatic rings. The van der Waals surface area contributed by atoms with Crippen molar-refractivity contribution >= 4 is 22.8 Å². The first-order chi connectivity index (χ1) is 14.0. The van der Waals surface area contributed by atoms with Crippen molar-refractivity contribution in [3.8, 4) is 0 Å². The summed E-state index contributed by atoms with van der Waals surface area (Å²) in [5, 5.41) is 3.42. The standard InChI is InChI=1S/C23H24N2O4/c1-3-16(17-9-5-4-6-10-17)14-24-22(27)15(2)29-23(28)19-13-21(26)25-20-12-8-7-11-18(19)20/h4-13,15-16H,3,14H2,1-2H3,(H,24,27)(H,25,26)/t15-,16-/m0/s1. The number of ether oxygens (including phenoxy) is 1. The maximum Gasteiger partial charge on any atom is 0.339 e. The molecule has 2 atom stereocenters. The minimum Gasteiger partial charge on any atom is -0.449 e. The van der Waals surface area contributed by atoms with Gasteiger partial charge in [0.2, 0.25) is 5.56 Å². The number of fused-ring (bicyclic) bond motifs is 1. The van der Waals surface area contributed by atoms with Gasteiger partial charge in [-0.05, 0) is 25.0 Å². The molecule has 29 heavy (non-hydrogen) atoms. The van der Waals surface area contributed by atoms with Gasteiger partial charge in [0, 0.05) is 29.4 Å². The highest BCUT2D eigenvalue weighted by Crippen LogP contribution is 2.18. The molecule has 0 aliphatic carbocycles. The molecule has 0 saturated heterocycles. The lowest BCUT2D eigenvalue weighted by Crippen LogP contribution is -2.38. The second kappa shape index (κ2) is 9.19. The number of hydrogen-bond acceptors (Lipinski definition) is 4. The van der Waals surface area contributed by atoms with Crippen molar-refractivity contribution in [3.05, 3.63) is 82.1 Å². The fourth-order valence-electron chi connectivity index (χ4n) is 3.24. The van der Waals surface area contributed by atoms with E-state index in [1.165, 1.54) is 13.0 Å². The Morgan fingerprint density at radius 2 is 1.76 bits per heavy atom. The summed E-state index contributed by atoms with van der Waals surface area (Å²) < 4.78 is 5.33. The van der Waals surface area contributed by atoms with E-state index in [9.17, 15) is 14.4 Å². The predicted octanol–water partition coefficient (Wildman–Crippen LogP) is 3.38. The number of H-pyrrole nitrogens is 1. The van der Waals surface area contributed by atoms with Crippen LogP contribution in [0.1, 0.15) is 42.1 Å². The van der Waals surface area contributed by atoms with E-state index in [0.717, 1.165) is 12.0 Å². The number of aromatic amines is 1. The Hall–Kier alpha value is -3.41. The molecule has 0 radical (unpaired) electrons. The van der Waals surface area contributed by atoms with Crippen molar-refractivity contribution in [3.63, 3.8) is 0 Å². The van der Waals surface area contributed by atoms with E-state index in [1.807, 2.05) is 30.3 Å². The molecule has 3 rings (SSSR count).